The normalized spacial score (nSPS) is 20.2. The van der Waals surface area contributed by atoms with E-state index in [0.29, 0.717) is 11.8 Å². The molecule has 2 aliphatic heterocycles. The summed E-state index contributed by atoms with van der Waals surface area (Å²) in [6, 6.07) is 16.8. The van der Waals surface area contributed by atoms with Crippen molar-refractivity contribution in [3.63, 3.8) is 0 Å². The summed E-state index contributed by atoms with van der Waals surface area (Å²) in [5.41, 5.74) is 2.60. The van der Waals surface area contributed by atoms with E-state index in [-0.39, 0.29) is 5.92 Å². The molecule has 0 spiro atoms. The molecule has 2 aromatic rings. The molecular formula is C27H36N2O3. The Labute approximate surface area is 192 Å². The van der Waals surface area contributed by atoms with Crippen molar-refractivity contribution < 1.29 is 14.3 Å². The molecule has 5 nitrogen and oxygen atoms in total. The predicted molar refractivity (Wildman–Crippen MR) is 127 cm³/mol. The van der Waals surface area contributed by atoms with Gasteiger partial charge in [-0.3, -0.25) is 9.69 Å². The molecule has 2 aliphatic rings. The standard InChI is InChI=1S/C27H36N2O3/c1-31-25-11-10-23(18-26(25)32-2)19-28-14-6-9-24(20-28)27(30)29-15-12-22(13-16-29)17-21-7-4-3-5-8-21/h3-5,7-8,10-11,18,22,24H,6,9,12-17,19-20H2,1-2H3/t24-/m1/s1. The highest BCUT2D eigenvalue weighted by Gasteiger charge is 2.31. The van der Waals surface area contributed by atoms with Crippen LogP contribution < -0.4 is 9.47 Å². The molecule has 0 unspecified atom stereocenters. The molecule has 0 radical (unpaired) electrons. The summed E-state index contributed by atoms with van der Waals surface area (Å²) in [5, 5.41) is 0. The topological polar surface area (TPSA) is 42.0 Å². The van der Waals surface area contributed by atoms with Gasteiger partial charge in [0, 0.05) is 26.2 Å². The second-order valence-corrected chi connectivity index (χ2v) is 9.22. The number of hydrogen-bond acceptors (Lipinski definition) is 4. The van der Waals surface area contributed by atoms with E-state index >= 15 is 0 Å². The van der Waals surface area contributed by atoms with Crippen molar-refractivity contribution in [2.45, 2.75) is 38.6 Å². The van der Waals surface area contributed by atoms with Crippen LogP contribution in [0, 0.1) is 11.8 Å². The van der Waals surface area contributed by atoms with E-state index in [1.165, 1.54) is 11.1 Å². The Kier molecular flexibility index (Phi) is 7.69. The van der Waals surface area contributed by atoms with Crippen LogP contribution in [0.1, 0.15) is 36.8 Å². The maximum absolute atomic E-state index is 13.3. The molecule has 2 fully saturated rings. The van der Waals surface area contributed by atoms with Crippen molar-refractivity contribution in [3.05, 3.63) is 59.7 Å². The van der Waals surface area contributed by atoms with Gasteiger partial charge in [0.2, 0.25) is 5.91 Å². The minimum Gasteiger partial charge on any atom is -0.493 e. The summed E-state index contributed by atoms with van der Waals surface area (Å²) in [6.07, 6.45) is 5.44. The third-order valence-corrected chi connectivity index (χ3v) is 7.00. The zero-order valence-electron chi connectivity index (χ0n) is 19.5. The van der Waals surface area contributed by atoms with E-state index < -0.39 is 0 Å². The van der Waals surface area contributed by atoms with Crippen LogP contribution in [-0.4, -0.2) is 56.1 Å². The summed E-state index contributed by atoms with van der Waals surface area (Å²) in [4.78, 5) is 17.8. The highest BCUT2D eigenvalue weighted by Crippen LogP contribution is 2.29. The molecule has 2 saturated heterocycles. The second kappa shape index (κ2) is 10.9. The molecule has 2 aromatic carbocycles. The number of piperidine rings is 2. The quantitative estimate of drug-likeness (QED) is 0.645. The van der Waals surface area contributed by atoms with Gasteiger partial charge in [0.1, 0.15) is 0 Å². The van der Waals surface area contributed by atoms with Crippen molar-refractivity contribution in [1.82, 2.24) is 9.80 Å². The molecule has 0 N–H and O–H groups in total. The lowest BCUT2D eigenvalue weighted by Gasteiger charge is -2.38. The number of benzene rings is 2. The predicted octanol–water partition coefficient (Wildman–Crippen LogP) is 4.40. The minimum atomic E-state index is 0.120. The fourth-order valence-corrected chi connectivity index (χ4v) is 5.20. The molecule has 2 heterocycles. The van der Waals surface area contributed by atoms with Gasteiger partial charge in [-0.2, -0.15) is 0 Å². The number of methoxy groups -OCH3 is 2. The first-order valence-electron chi connectivity index (χ1n) is 11.9. The van der Waals surface area contributed by atoms with Crippen LogP contribution in [0.2, 0.25) is 0 Å². The minimum absolute atomic E-state index is 0.120. The summed E-state index contributed by atoms with van der Waals surface area (Å²) in [6.45, 7) is 4.53. The number of carbonyl (C=O) groups is 1. The zero-order valence-corrected chi connectivity index (χ0v) is 19.5. The number of nitrogens with zero attached hydrogens (tertiary/aromatic N) is 2. The van der Waals surface area contributed by atoms with Gasteiger partial charge in [-0.05, 0) is 67.8 Å². The number of ether oxygens (including phenoxy) is 2. The SMILES string of the molecule is COc1ccc(CN2CCC[C@@H](C(=O)N3CCC(Cc4ccccc4)CC3)C2)cc1OC. The lowest BCUT2D eigenvalue weighted by Crippen LogP contribution is -2.47. The van der Waals surface area contributed by atoms with Crippen LogP contribution in [0.25, 0.3) is 0 Å². The molecule has 1 amide bonds. The number of rotatable bonds is 7. The Balaban J connectivity index is 1.28. The molecule has 0 aromatic heterocycles. The second-order valence-electron chi connectivity index (χ2n) is 9.22. The summed E-state index contributed by atoms with van der Waals surface area (Å²) in [7, 11) is 3.32. The zero-order chi connectivity index (χ0) is 22.3. The first-order chi connectivity index (χ1) is 15.7. The van der Waals surface area contributed by atoms with Gasteiger partial charge in [0.05, 0.1) is 20.1 Å². The van der Waals surface area contributed by atoms with E-state index in [9.17, 15) is 4.79 Å². The monoisotopic (exact) mass is 436 g/mol. The fraction of sp³-hybridized carbons (Fsp3) is 0.519. The average Bonchev–Trinajstić information content (AvgIpc) is 2.85. The van der Waals surface area contributed by atoms with Gasteiger partial charge >= 0.3 is 0 Å². The molecule has 0 saturated carbocycles. The van der Waals surface area contributed by atoms with Crippen LogP contribution >= 0.6 is 0 Å². The van der Waals surface area contributed by atoms with Crippen LogP contribution in [0.3, 0.4) is 0 Å². The van der Waals surface area contributed by atoms with E-state index in [0.717, 1.165) is 76.3 Å². The number of likely N-dealkylation sites (tertiary alicyclic amines) is 2. The Morgan fingerprint density at radius 1 is 0.906 bits per heavy atom. The van der Waals surface area contributed by atoms with Crippen LogP contribution in [0.15, 0.2) is 48.5 Å². The van der Waals surface area contributed by atoms with Crippen molar-refractivity contribution in [2.75, 3.05) is 40.4 Å². The smallest absolute Gasteiger partial charge is 0.226 e. The fourth-order valence-electron chi connectivity index (χ4n) is 5.20. The van der Waals surface area contributed by atoms with Gasteiger partial charge < -0.3 is 14.4 Å². The highest BCUT2D eigenvalue weighted by molar-refractivity contribution is 5.79. The van der Waals surface area contributed by atoms with Crippen LogP contribution in [0.5, 0.6) is 11.5 Å². The molecule has 172 valence electrons. The summed E-state index contributed by atoms with van der Waals surface area (Å²) in [5.74, 6) is 2.68. The lowest BCUT2D eigenvalue weighted by molar-refractivity contribution is -0.138. The third-order valence-electron chi connectivity index (χ3n) is 7.00. The molecular weight excluding hydrogens is 400 g/mol. The Bertz CT molecular complexity index is 878. The van der Waals surface area contributed by atoms with E-state index in [4.69, 9.17) is 9.47 Å². The Morgan fingerprint density at radius 2 is 1.66 bits per heavy atom. The van der Waals surface area contributed by atoms with Gasteiger partial charge in [-0.25, -0.2) is 0 Å². The van der Waals surface area contributed by atoms with E-state index in [1.54, 1.807) is 14.2 Å². The molecule has 5 heteroatoms. The first kappa shape index (κ1) is 22.7. The molecule has 0 aliphatic carbocycles. The number of amides is 1. The van der Waals surface area contributed by atoms with E-state index in [1.807, 2.05) is 12.1 Å². The number of hydrogen-bond donors (Lipinski definition) is 0. The first-order valence-corrected chi connectivity index (χ1v) is 11.9. The van der Waals surface area contributed by atoms with Crippen molar-refractivity contribution in [1.29, 1.82) is 0 Å². The van der Waals surface area contributed by atoms with Crippen molar-refractivity contribution in [2.24, 2.45) is 11.8 Å². The maximum atomic E-state index is 13.3. The Hall–Kier alpha value is -2.53. The largest absolute Gasteiger partial charge is 0.493 e. The maximum Gasteiger partial charge on any atom is 0.226 e. The van der Waals surface area contributed by atoms with Crippen molar-refractivity contribution in [3.8, 4) is 11.5 Å². The molecule has 32 heavy (non-hydrogen) atoms. The van der Waals surface area contributed by atoms with E-state index in [2.05, 4.69) is 46.2 Å². The molecule has 1 atom stereocenters. The summed E-state index contributed by atoms with van der Waals surface area (Å²) >= 11 is 0. The van der Waals surface area contributed by atoms with Crippen molar-refractivity contribution >= 4 is 5.91 Å². The Morgan fingerprint density at radius 3 is 2.38 bits per heavy atom. The third kappa shape index (κ3) is 5.63. The van der Waals surface area contributed by atoms with Gasteiger partial charge in [0.25, 0.3) is 0 Å². The average molecular weight is 437 g/mol. The molecule has 4 rings (SSSR count). The van der Waals surface area contributed by atoms with Gasteiger partial charge in [-0.1, -0.05) is 36.4 Å². The van der Waals surface area contributed by atoms with Crippen LogP contribution in [0.4, 0.5) is 0 Å². The lowest BCUT2D eigenvalue weighted by atomic mass is 9.89. The molecule has 0 bridgehead atoms. The van der Waals surface area contributed by atoms with Gasteiger partial charge in [-0.15, -0.1) is 0 Å². The highest BCUT2D eigenvalue weighted by atomic mass is 16.5. The van der Waals surface area contributed by atoms with Crippen LogP contribution in [-0.2, 0) is 17.8 Å². The summed E-state index contributed by atoms with van der Waals surface area (Å²) < 4.78 is 10.8. The number of carbonyl (C=O) groups excluding carboxylic acids is 1. The van der Waals surface area contributed by atoms with Gasteiger partial charge in [0.15, 0.2) is 11.5 Å².